The van der Waals surface area contributed by atoms with E-state index in [-0.39, 0.29) is 28.8 Å². The zero-order valence-corrected chi connectivity index (χ0v) is 16.3. The average Bonchev–Trinajstić information content (AvgIpc) is 2.60. The number of nitrogens with two attached hydrogens (primary N) is 1. The lowest BCUT2D eigenvalue weighted by atomic mass is 9.87. The first kappa shape index (κ1) is 20.4. The van der Waals surface area contributed by atoms with Gasteiger partial charge in [0.2, 0.25) is 5.88 Å². The summed E-state index contributed by atoms with van der Waals surface area (Å²) < 4.78 is 5.63. The van der Waals surface area contributed by atoms with Crippen LogP contribution in [-0.2, 0) is 0 Å². The van der Waals surface area contributed by atoms with Gasteiger partial charge in [-0.15, -0.1) is 0 Å². The van der Waals surface area contributed by atoms with E-state index in [9.17, 15) is 9.59 Å². The highest BCUT2D eigenvalue weighted by Crippen LogP contribution is 2.24. The number of primary amides is 1. The molecule has 6 heteroatoms. The maximum atomic E-state index is 12.5. The molecule has 0 saturated carbocycles. The molecule has 2 amide bonds. The average molecular weight is 369 g/mol. The van der Waals surface area contributed by atoms with E-state index in [1.54, 1.807) is 36.4 Å². The molecule has 2 rings (SSSR count). The van der Waals surface area contributed by atoms with Gasteiger partial charge in [-0.3, -0.25) is 9.59 Å². The van der Waals surface area contributed by atoms with Crippen molar-refractivity contribution in [3.8, 4) is 11.6 Å². The Morgan fingerprint density at radius 2 is 1.85 bits per heavy atom. The molecule has 0 aliphatic heterocycles. The van der Waals surface area contributed by atoms with Crippen LogP contribution in [0.25, 0.3) is 0 Å². The van der Waals surface area contributed by atoms with Gasteiger partial charge in [0.05, 0.1) is 0 Å². The predicted octanol–water partition coefficient (Wildman–Crippen LogP) is 3.92. The molecule has 1 heterocycles. The largest absolute Gasteiger partial charge is 0.438 e. The second-order valence-corrected chi connectivity index (χ2v) is 7.69. The lowest BCUT2D eigenvalue weighted by Gasteiger charge is -2.26. The molecule has 6 nitrogen and oxygen atoms in total. The highest BCUT2D eigenvalue weighted by Gasteiger charge is 2.19. The Hall–Kier alpha value is -2.89. The fraction of sp³-hybridized carbons (Fsp3) is 0.381. The van der Waals surface area contributed by atoms with Crippen molar-refractivity contribution in [2.24, 2.45) is 11.1 Å². The van der Waals surface area contributed by atoms with Crippen molar-refractivity contribution in [3.05, 3.63) is 53.7 Å². The Balaban J connectivity index is 2.06. The maximum Gasteiger partial charge on any atom is 0.254 e. The third-order valence-electron chi connectivity index (χ3n) is 4.05. The third kappa shape index (κ3) is 6.09. The molecule has 1 unspecified atom stereocenters. The van der Waals surface area contributed by atoms with Crippen LogP contribution >= 0.6 is 0 Å². The van der Waals surface area contributed by atoms with Crippen LogP contribution in [0.1, 0.15) is 61.3 Å². The van der Waals surface area contributed by atoms with E-state index in [1.807, 2.05) is 0 Å². The number of aromatic nitrogens is 1. The first-order chi connectivity index (χ1) is 12.7. The number of benzene rings is 1. The fourth-order valence-corrected chi connectivity index (χ4v) is 2.75. The smallest absolute Gasteiger partial charge is 0.254 e. The molecule has 0 bridgehead atoms. The minimum atomic E-state index is -0.612. The number of hydrogen-bond acceptors (Lipinski definition) is 4. The molecule has 1 aromatic carbocycles. The van der Waals surface area contributed by atoms with Crippen LogP contribution in [0.5, 0.6) is 11.6 Å². The second kappa shape index (κ2) is 8.66. The molecular weight excluding hydrogens is 342 g/mol. The SMILES string of the molecule is CCC(CC(C)(C)C)NC(=O)c1ccc(Oc2ncccc2C(N)=O)cc1. The number of rotatable bonds is 7. The monoisotopic (exact) mass is 369 g/mol. The number of nitrogens with zero attached hydrogens (tertiary/aromatic N) is 1. The summed E-state index contributed by atoms with van der Waals surface area (Å²) in [5.41, 5.74) is 6.22. The standard InChI is InChI=1S/C21H27N3O3/c1-5-15(13-21(2,3)4)24-19(26)14-8-10-16(11-9-14)27-20-17(18(22)25)7-6-12-23-20/h6-12,15H,5,13H2,1-4H3,(H2,22,25)(H,24,26). The molecular formula is C21H27N3O3. The first-order valence-corrected chi connectivity index (χ1v) is 9.03. The number of ether oxygens (including phenoxy) is 1. The van der Waals surface area contributed by atoms with Gasteiger partial charge in [0.15, 0.2) is 0 Å². The predicted molar refractivity (Wildman–Crippen MR) is 105 cm³/mol. The summed E-state index contributed by atoms with van der Waals surface area (Å²) in [6.45, 7) is 8.54. The highest BCUT2D eigenvalue weighted by molar-refractivity contribution is 5.95. The highest BCUT2D eigenvalue weighted by atomic mass is 16.5. The summed E-state index contributed by atoms with van der Waals surface area (Å²) in [4.78, 5) is 28.0. The normalized spacial score (nSPS) is 12.3. The molecule has 0 aliphatic rings. The molecule has 0 aliphatic carbocycles. The molecule has 3 N–H and O–H groups in total. The van der Waals surface area contributed by atoms with E-state index in [0.717, 1.165) is 12.8 Å². The first-order valence-electron chi connectivity index (χ1n) is 9.03. The summed E-state index contributed by atoms with van der Waals surface area (Å²) in [6.07, 6.45) is 3.30. The van der Waals surface area contributed by atoms with Gasteiger partial charge in [0, 0.05) is 17.8 Å². The van der Waals surface area contributed by atoms with Crippen molar-refractivity contribution in [1.29, 1.82) is 0 Å². The lowest BCUT2D eigenvalue weighted by Crippen LogP contribution is -2.37. The van der Waals surface area contributed by atoms with Crippen molar-refractivity contribution in [1.82, 2.24) is 10.3 Å². The van der Waals surface area contributed by atoms with Gasteiger partial charge in [-0.2, -0.15) is 0 Å². The Labute approximate surface area is 160 Å². The fourth-order valence-electron chi connectivity index (χ4n) is 2.75. The van der Waals surface area contributed by atoms with E-state index in [2.05, 4.69) is 38.0 Å². The van der Waals surface area contributed by atoms with Crippen LogP contribution in [0.15, 0.2) is 42.6 Å². The topological polar surface area (TPSA) is 94.3 Å². The number of pyridine rings is 1. The van der Waals surface area contributed by atoms with Crippen LogP contribution in [-0.4, -0.2) is 22.8 Å². The van der Waals surface area contributed by atoms with Gasteiger partial charge in [0.1, 0.15) is 11.3 Å². The summed E-state index contributed by atoms with van der Waals surface area (Å²) in [5.74, 6) is -0.125. The minimum absolute atomic E-state index is 0.117. The Morgan fingerprint density at radius 3 is 2.41 bits per heavy atom. The van der Waals surface area contributed by atoms with Gasteiger partial charge >= 0.3 is 0 Å². The summed E-state index contributed by atoms with van der Waals surface area (Å²) in [5, 5.41) is 3.08. The number of hydrogen-bond donors (Lipinski definition) is 2. The van der Waals surface area contributed by atoms with E-state index in [4.69, 9.17) is 10.5 Å². The van der Waals surface area contributed by atoms with Crippen molar-refractivity contribution in [2.75, 3.05) is 0 Å². The van der Waals surface area contributed by atoms with Gasteiger partial charge in [-0.1, -0.05) is 27.7 Å². The van der Waals surface area contributed by atoms with E-state index >= 15 is 0 Å². The Bertz CT molecular complexity index is 795. The van der Waals surface area contributed by atoms with E-state index in [1.165, 1.54) is 6.20 Å². The van der Waals surface area contributed by atoms with Gasteiger partial charge in [-0.25, -0.2) is 4.98 Å². The van der Waals surface area contributed by atoms with Crippen LogP contribution in [0, 0.1) is 5.41 Å². The van der Waals surface area contributed by atoms with Crippen LogP contribution < -0.4 is 15.8 Å². The molecule has 0 fully saturated rings. The van der Waals surface area contributed by atoms with Crippen molar-refractivity contribution < 1.29 is 14.3 Å². The molecule has 0 spiro atoms. The lowest BCUT2D eigenvalue weighted by molar-refractivity contribution is 0.0924. The second-order valence-electron chi connectivity index (χ2n) is 7.69. The van der Waals surface area contributed by atoms with Crippen LogP contribution in [0.2, 0.25) is 0 Å². The number of nitrogens with one attached hydrogen (secondary N) is 1. The van der Waals surface area contributed by atoms with Gasteiger partial charge < -0.3 is 15.8 Å². The molecule has 0 radical (unpaired) electrons. The van der Waals surface area contributed by atoms with Crippen LogP contribution in [0.4, 0.5) is 0 Å². The quantitative estimate of drug-likeness (QED) is 0.773. The zero-order valence-electron chi connectivity index (χ0n) is 16.3. The molecule has 0 saturated heterocycles. The van der Waals surface area contributed by atoms with Gasteiger partial charge in [-0.05, 0) is 54.7 Å². The summed E-state index contributed by atoms with van der Waals surface area (Å²) in [6, 6.07) is 9.98. The molecule has 1 atom stereocenters. The van der Waals surface area contributed by atoms with Gasteiger partial charge in [0.25, 0.3) is 11.8 Å². The molecule has 1 aromatic heterocycles. The Kier molecular flexibility index (Phi) is 6.55. The zero-order chi connectivity index (χ0) is 20.0. The summed E-state index contributed by atoms with van der Waals surface area (Å²) in [7, 11) is 0. The van der Waals surface area contributed by atoms with Crippen LogP contribution in [0.3, 0.4) is 0 Å². The molecule has 2 aromatic rings. The molecule has 27 heavy (non-hydrogen) atoms. The van der Waals surface area contributed by atoms with E-state index < -0.39 is 5.91 Å². The van der Waals surface area contributed by atoms with Crippen molar-refractivity contribution in [2.45, 2.75) is 46.6 Å². The minimum Gasteiger partial charge on any atom is -0.438 e. The Morgan fingerprint density at radius 1 is 1.19 bits per heavy atom. The maximum absolute atomic E-state index is 12.5. The molecule has 144 valence electrons. The number of amides is 2. The van der Waals surface area contributed by atoms with Crippen molar-refractivity contribution >= 4 is 11.8 Å². The van der Waals surface area contributed by atoms with E-state index in [0.29, 0.717) is 11.3 Å². The van der Waals surface area contributed by atoms with Crippen molar-refractivity contribution in [3.63, 3.8) is 0 Å². The summed E-state index contributed by atoms with van der Waals surface area (Å²) >= 11 is 0. The number of carbonyl (C=O) groups excluding carboxylic acids is 2. The number of carbonyl (C=O) groups is 2. The third-order valence-corrected chi connectivity index (χ3v) is 4.05.